The van der Waals surface area contributed by atoms with Crippen LogP contribution in [-0.2, 0) is 6.42 Å². The van der Waals surface area contributed by atoms with Crippen LogP contribution in [0.3, 0.4) is 0 Å². The summed E-state index contributed by atoms with van der Waals surface area (Å²) in [6.07, 6.45) is 1.06. The number of hydrogen-bond acceptors (Lipinski definition) is 6. The van der Waals surface area contributed by atoms with Crippen molar-refractivity contribution < 1.29 is 0 Å². The largest absolute Gasteiger partial charge is 0.368 e. The zero-order valence-electron chi connectivity index (χ0n) is 12.0. The topological polar surface area (TPSA) is 67.1 Å². The van der Waals surface area contributed by atoms with E-state index in [1.54, 1.807) is 11.3 Å². The van der Waals surface area contributed by atoms with Crippen molar-refractivity contribution in [3.63, 3.8) is 0 Å². The van der Waals surface area contributed by atoms with E-state index in [2.05, 4.69) is 39.4 Å². The van der Waals surface area contributed by atoms with Crippen LogP contribution in [0.15, 0.2) is 5.38 Å². The molecule has 2 aromatic rings. The van der Waals surface area contributed by atoms with Gasteiger partial charge in [-0.3, -0.25) is 0 Å². The Morgan fingerprint density at radius 3 is 2.80 bits per heavy atom. The van der Waals surface area contributed by atoms with Crippen LogP contribution in [0.1, 0.15) is 19.4 Å². The minimum Gasteiger partial charge on any atom is -0.368 e. The number of aromatic nitrogens is 2. The summed E-state index contributed by atoms with van der Waals surface area (Å²) in [5.74, 6) is 2.02. The molecule has 108 valence electrons. The van der Waals surface area contributed by atoms with Gasteiger partial charge in [0.1, 0.15) is 10.6 Å². The molecular formula is C14H21N5S. The standard InChI is InChI=1S/C14H21N5S/c1-9(2)7-10-8-20-13-11(10)12(17-14(15)18-13)19-5-3-16-4-6-19/h8-9,16H,3-7H2,1-2H3,(H2,15,17,18). The van der Waals surface area contributed by atoms with Gasteiger partial charge in [0.25, 0.3) is 0 Å². The van der Waals surface area contributed by atoms with Crippen molar-refractivity contribution in [3.05, 3.63) is 10.9 Å². The molecule has 3 N–H and O–H groups in total. The van der Waals surface area contributed by atoms with Gasteiger partial charge in [0.15, 0.2) is 0 Å². The Labute approximate surface area is 123 Å². The van der Waals surface area contributed by atoms with Crippen molar-refractivity contribution in [1.29, 1.82) is 0 Å². The normalized spacial score (nSPS) is 16.2. The lowest BCUT2D eigenvalue weighted by Gasteiger charge is -2.29. The molecule has 20 heavy (non-hydrogen) atoms. The average molecular weight is 291 g/mol. The number of anilines is 2. The predicted molar refractivity (Wildman–Crippen MR) is 85.5 cm³/mol. The van der Waals surface area contributed by atoms with E-state index in [-0.39, 0.29) is 0 Å². The lowest BCUT2D eigenvalue weighted by Crippen LogP contribution is -2.44. The second-order valence-electron chi connectivity index (χ2n) is 5.68. The Bertz CT molecular complexity index is 601. The molecule has 6 heteroatoms. The molecule has 3 heterocycles. The van der Waals surface area contributed by atoms with Crippen LogP contribution < -0.4 is 16.0 Å². The van der Waals surface area contributed by atoms with Crippen molar-refractivity contribution in [2.24, 2.45) is 5.92 Å². The predicted octanol–water partition coefficient (Wildman–Crippen LogP) is 1.88. The molecule has 0 radical (unpaired) electrons. The average Bonchev–Trinajstić information content (AvgIpc) is 2.81. The molecule has 0 amide bonds. The fraction of sp³-hybridized carbons (Fsp3) is 0.571. The minimum atomic E-state index is 0.379. The summed E-state index contributed by atoms with van der Waals surface area (Å²) in [6, 6.07) is 0. The summed E-state index contributed by atoms with van der Waals surface area (Å²) in [4.78, 5) is 12.3. The second kappa shape index (κ2) is 5.54. The number of piperazine rings is 1. The van der Waals surface area contributed by atoms with Crippen LogP contribution in [0.2, 0.25) is 0 Å². The van der Waals surface area contributed by atoms with Gasteiger partial charge in [-0.25, -0.2) is 4.98 Å². The van der Waals surface area contributed by atoms with Crippen molar-refractivity contribution in [3.8, 4) is 0 Å². The molecule has 2 aromatic heterocycles. The highest BCUT2D eigenvalue weighted by atomic mass is 32.1. The molecule has 5 nitrogen and oxygen atoms in total. The van der Waals surface area contributed by atoms with Crippen LogP contribution in [0.4, 0.5) is 11.8 Å². The number of nitrogens with one attached hydrogen (secondary N) is 1. The maximum atomic E-state index is 5.88. The van der Waals surface area contributed by atoms with E-state index in [0.29, 0.717) is 11.9 Å². The number of nitrogens with two attached hydrogens (primary N) is 1. The van der Waals surface area contributed by atoms with Crippen LogP contribution in [-0.4, -0.2) is 36.1 Å². The van der Waals surface area contributed by atoms with Crippen molar-refractivity contribution in [2.45, 2.75) is 20.3 Å². The van der Waals surface area contributed by atoms with Crippen molar-refractivity contribution in [1.82, 2.24) is 15.3 Å². The number of nitrogens with zero attached hydrogens (tertiary/aromatic N) is 3. The highest BCUT2D eigenvalue weighted by molar-refractivity contribution is 7.17. The van der Waals surface area contributed by atoms with Gasteiger partial charge in [-0.15, -0.1) is 11.3 Å². The third-order valence-corrected chi connectivity index (χ3v) is 4.47. The van der Waals surface area contributed by atoms with Gasteiger partial charge in [0.05, 0.1) is 5.39 Å². The lowest BCUT2D eigenvalue weighted by atomic mass is 10.0. The van der Waals surface area contributed by atoms with Crippen LogP contribution >= 0.6 is 11.3 Å². The van der Waals surface area contributed by atoms with Gasteiger partial charge >= 0.3 is 0 Å². The van der Waals surface area contributed by atoms with Gasteiger partial charge in [0, 0.05) is 26.2 Å². The first-order chi connectivity index (χ1) is 9.65. The summed E-state index contributed by atoms with van der Waals surface area (Å²) < 4.78 is 0. The fourth-order valence-electron chi connectivity index (χ4n) is 2.69. The molecule has 1 saturated heterocycles. The fourth-order valence-corrected chi connectivity index (χ4v) is 3.65. The smallest absolute Gasteiger partial charge is 0.223 e. The summed E-state index contributed by atoms with van der Waals surface area (Å²) in [7, 11) is 0. The van der Waals surface area contributed by atoms with Crippen molar-refractivity contribution >= 4 is 33.3 Å². The van der Waals surface area contributed by atoms with Crippen LogP contribution in [0, 0.1) is 5.92 Å². The maximum absolute atomic E-state index is 5.88. The number of fused-ring (bicyclic) bond motifs is 1. The van der Waals surface area contributed by atoms with E-state index in [4.69, 9.17) is 5.73 Å². The number of nitrogen functional groups attached to an aromatic ring is 1. The van der Waals surface area contributed by atoms with E-state index in [0.717, 1.165) is 43.2 Å². The highest BCUT2D eigenvalue weighted by Crippen LogP contribution is 2.34. The number of rotatable bonds is 3. The summed E-state index contributed by atoms with van der Waals surface area (Å²) in [5, 5.41) is 6.80. The number of thiophene rings is 1. The Hall–Kier alpha value is -1.40. The van der Waals surface area contributed by atoms with Gasteiger partial charge in [-0.1, -0.05) is 13.8 Å². The Kier molecular flexibility index (Phi) is 3.76. The molecule has 0 atom stereocenters. The summed E-state index contributed by atoms with van der Waals surface area (Å²) >= 11 is 1.67. The molecule has 1 aliphatic rings. The van der Waals surface area contributed by atoms with Gasteiger partial charge in [-0.05, 0) is 23.3 Å². The number of hydrogen-bond donors (Lipinski definition) is 2. The summed E-state index contributed by atoms with van der Waals surface area (Å²) in [5.41, 5.74) is 7.24. The van der Waals surface area contributed by atoms with Gasteiger partial charge in [0.2, 0.25) is 5.95 Å². The molecule has 0 saturated carbocycles. The van der Waals surface area contributed by atoms with Crippen molar-refractivity contribution in [2.75, 3.05) is 36.8 Å². The molecule has 0 aromatic carbocycles. The SMILES string of the molecule is CC(C)Cc1csc2nc(N)nc(N3CCNCC3)c12. The van der Waals surface area contributed by atoms with E-state index < -0.39 is 0 Å². The molecule has 0 bridgehead atoms. The molecular weight excluding hydrogens is 270 g/mol. The quantitative estimate of drug-likeness (QED) is 0.904. The highest BCUT2D eigenvalue weighted by Gasteiger charge is 2.20. The monoisotopic (exact) mass is 291 g/mol. The Balaban J connectivity index is 2.09. The summed E-state index contributed by atoms with van der Waals surface area (Å²) in [6.45, 7) is 8.42. The first kappa shape index (κ1) is 13.6. The first-order valence-corrected chi connectivity index (χ1v) is 8.02. The third kappa shape index (κ3) is 2.58. The maximum Gasteiger partial charge on any atom is 0.223 e. The third-order valence-electron chi connectivity index (χ3n) is 3.55. The van der Waals surface area contributed by atoms with Crippen LogP contribution in [0.25, 0.3) is 10.2 Å². The Morgan fingerprint density at radius 2 is 2.10 bits per heavy atom. The van der Waals surface area contributed by atoms with E-state index in [1.165, 1.54) is 10.9 Å². The van der Waals surface area contributed by atoms with E-state index in [1.807, 2.05) is 0 Å². The first-order valence-electron chi connectivity index (χ1n) is 7.14. The van der Waals surface area contributed by atoms with E-state index in [9.17, 15) is 0 Å². The molecule has 1 fully saturated rings. The molecule has 1 aliphatic heterocycles. The molecule has 3 rings (SSSR count). The minimum absolute atomic E-state index is 0.379. The zero-order valence-corrected chi connectivity index (χ0v) is 12.8. The molecule has 0 unspecified atom stereocenters. The zero-order chi connectivity index (χ0) is 14.1. The van der Waals surface area contributed by atoms with E-state index >= 15 is 0 Å². The van der Waals surface area contributed by atoms with Crippen LogP contribution in [0.5, 0.6) is 0 Å². The second-order valence-corrected chi connectivity index (χ2v) is 6.54. The van der Waals surface area contributed by atoms with Gasteiger partial charge < -0.3 is 16.0 Å². The lowest BCUT2D eigenvalue weighted by molar-refractivity contribution is 0.586. The molecule has 0 spiro atoms. The van der Waals surface area contributed by atoms with Gasteiger partial charge in [-0.2, -0.15) is 4.98 Å². The molecule has 0 aliphatic carbocycles. The Morgan fingerprint density at radius 1 is 1.35 bits per heavy atom.